The molecule has 1 aromatic heterocycles. The number of morpholine rings is 1. The van der Waals surface area contributed by atoms with Gasteiger partial charge in [0.15, 0.2) is 5.96 Å². The van der Waals surface area contributed by atoms with Crippen molar-refractivity contribution >= 4 is 23.2 Å². The lowest BCUT2D eigenvalue weighted by molar-refractivity contribution is -0.0261. The van der Waals surface area contributed by atoms with E-state index in [9.17, 15) is 4.79 Å². The van der Waals surface area contributed by atoms with Crippen LogP contribution in [0.2, 0.25) is 0 Å². The molecule has 1 aromatic rings. The van der Waals surface area contributed by atoms with Crippen molar-refractivity contribution in [2.45, 2.75) is 33.3 Å². The Morgan fingerprint density at radius 2 is 2.18 bits per heavy atom. The van der Waals surface area contributed by atoms with E-state index in [1.165, 1.54) is 11.3 Å². The SMILES string of the molecule is CCNC(=NCC1CN(CC(C)C)CCO1)NCCCNC(=O)c1cccs1. The second kappa shape index (κ2) is 12.7. The fourth-order valence-electron chi connectivity index (χ4n) is 3.10. The van der Waals surface area contributed by atoms with Crippen molar-refractivity contribution in [2.24, 2.45) is 10.9 Å². The first-order valence-corrected chi connectivity index (χ1v) is 11.1. The van der Waals surface area contributed by atoms with Gasteiger partial charge in [0.05, 0.1) is 24.1 Å². The summed E-state index contributed by atoms with van der Waals surface area (Å²) in [6, 6.07) is 3.72. The van der Waals surface area contributed by atoms with E-state index in [0.29, 0.717) is 19.0 Å². The number of nitrogens with one attached hydrogen (secondary N) is 3. The van der Waals surface area contributed by atoms with E-state index in [1.807, 2.05) is 17.5 Å². The Morgan fingerprint density at radius 1 is 1.36 bits per heavy atom. The number of nitrogens with zero attached hydrogens (tertiary/aromatic N) is 2. The molecule has 1 aliphatic heterocycles. The Balaban J connectivity index is 1.67. The van der Waals surface area contributed by atoms with Gasteiger partial charge in [0.1, 0.15) is 0 Å². The Hall–Kier alpha value is -1.64. The van der Waals surface area contributed by atoms with Crippen molar-refractivity contribution in [3.63, 3.8) is 0 Å². The maximum absolute atomic E-state index is 11.9. The van der Waals surface area contributed by atoms with Crippen molar-refractivity contribution in [3.8, 4) is 0 Å². The molecule has 1 aliphatic rings. The lowest BCUT2D eigenvalue weighted by Gasteiger charge is -2.33. The second-order valence-electron chi connectivity index (χ2n) is 7.38. The average Bonchev–Trinajstić information content (AvgIpc) is 3.20. The number of guanidine groups is 1. The quantitative estimate of drug-likeness (QED) is 0.312. The molecule has 8 heteroatoms. The zero-order valence-electron chi connectivity index (χ0n) is 17.4. The van der Waals surface area contributed by atoms with Crippen LogP contribution < -0.4 is 16.0 Å². The number of thiophene rings is 1. The van der Waals surface area contributed by atoms with Crippen molar-refractivity contribution in [2.75, 3.05) is 52.4 Å². The molecule has 1 atom stereocenters. The molecule has 1 amide bonds. The highest BCUT2D eigenvalue weighted by atomic mass is 32.1. The third-order valence-corrected chi connectivity index (χ3v) is 5.19. The van der Waals surface area contributed by atoms with Crippen LogP contribution in [0.15, 0.2) is 22.5 Å². The van der Waals surface area contributed by atoms with E-state index in [1.54, 1.807) is 0 Å². The Labute approximate surface area is 172 Å². The van der Waals surface area contributed by atoms with Gasteiger partial charge in [0.25, 0.3) is 5.91 Å². The molecule has 7 nitrogen and oxygen atoms in total. The minimum atomic E-state index is -0.00373. The molecule has 0 aliphatic carbocycles. The Morgan fingerprint density at radius 3 is 2.89 bits per heavy atom. The van der Waals surface area contributed by atoms with E-state index >= 15 is 0 Å². The largest absolute Gasteiger partial charge is 0.374 e. The third-order valence-electron chi connectivity index (χ3n) is 4.32. The van der Waals surface area contributed by atoms with Crippen LogP contribution in [0.3, 0.4) is 0 Å². The third kappa shape index (κ3) is 8.58. The van der Waals surface area contributed by atoms with Gasteiger partial charge in [-0.3, -0.25) is 14.7 Å². The Kier molecular flexibility index (Phi) is 10.3. The topological polar surface area (TPSA) is 78.0 Å². The fraction of sp³-hybridized carbons (Fsp3) is 0.700. The van der Waals surface area contributed by atoms with E-state index in [-0.39, 0.29) is 12.0 Å². The summed E-state index contributed by atoms with van der Waals surface area (Å²) in [6.45, 7) is 13.2. The van der Waals surface area contributed by atoms with Crippen LogP contribution in [0.5, 0.6) is 0 Å². The smallest absolute Gasteiger partial charge is 0.261 e. The monoisotopic (exact) mass is 409 g/mol. The highest BCUT2D eigenvalue weighted by Crippen LogP contribution is 2.08. The maximum Gasteiger partial charge on any atom is 0.261 e. The molecule has 0 radical (unpaired) electrons. The molecule has 0 aromatic carbocycles. The van der Waals surface area contributed by atoms with Gasteiger partial charge in [0.2, 0.25) is 0 Å². The molecule has 1 saturated heterocycles. The summed E-state index contributed by atoms with van der Waals surface area (Å²) < 4.78 is 5.87. The number of ether oxygens (including phenoxy) is 1. The first-order chi connectivity index (χ1) is 13.6. The van der Waals surface area contributed by atoms with E-state index in [4.69, 9.17) is 4.74 Å². The van der Waals surface area contributed by atoms with Crippen molar-refractivity contribution in [1.82, 2.24) is 20.9 Å². The molecule has 0 spiro atoms. The summed E-state index contributed by atoms with van der Waals surface area (Å²) >= 11 is 1.46. The summed E-state index contributed by atoms with van der Waals surface area (Å²) in [4.78, 5) is 19.8. The van der Waals surface area contributed by atoms with E-state index in [0.717, 1.165) is 56.6 Å². The van der Waals surface area contributed by atoms with Gasteiger partial charge in [-0.05, 0) is 30.7 Å². The number of hydrogen-bond donors (Lipinski definition) is 3. The normalized spacial score (nSPS) is 18.3. The van der Waals surface area contributed by atoms with Crippen LogP contribution in [0.4, 0.5) is 0 Å². The van der Waals surface area contributed by atoms with Crippen LogP contribution in [0.25, 0.3) is 0 Å². The molecule has 0 bridgehead atoms. The molecule has 3 N–H and O–H groups in total. The standard InChI is InChI=1S/C20H35N5O2S/c1-4-21-20(23-9-6-8-22-19(26)18-7-5-12-28-18)24-13-17-15-25(10-11-27-17)14-16(2)3/h5,7,12,16-17H,4,6,8-11,13-15H2,1-3H3,(H,22,26)(H2,21,23,24). The van der Waals surface area contributed by atoms with Crippen LogP contribution in [0.1, 0.15) is 36.9 Å². The van der Waals surface area contributed by atoms with Crippen molar-refractivity contribution in [3.05, 3.63) is 22.4 Å². The van der Waals surface area contributed by atoms with Crippen LogP contribution in [0, 0.1) is 5.92 Å². The summed E-state index contributed by atoms with van der Waals surface area (Å²) in [5.74, 6) is 1.47. The second-order valence-corrected chi connectivity index (χ2v) is 8.33. The highest BCUT2D eigenvalue weighted by Gasteiger charge is 2.20. The molecule has 2 rings (SSSR count). The van der Waals surface area contributed by atoms with Gasteiger partial charge < -0.3 is 20.7 Å². The molecular weight excluding hydrogens is 374 g/mol. The van der Waals surface area contributed by atoms with Crippen LogP contribution >= 0.6 is 11.3 Å². The zero-order chi connectivity index (χ0) is 20.2. The number of carbonyl (C=O) groups is 1. The summed E-state index contributed by atoms with van der Waals surface area (Å²) in [5, 5.41) is 11.5. The molecule has 2 heterocycles. The van der Waals surface area contributed by atoms with Crippen LogP contribution in [-0.2, 0) is 4.74 Å². The minimum Gasteiger partial charge on any atom is -0.374 e. The van der Waals surface area contributed by atoms with Gasteiger partial charge in [-0.25, -0.2) is 0 Å². The molecule has 1 fully saturated rings. The van der Waals surface area contributed by atoms with Gasteiger partial charge in [0, 0.05) is 39.3 Å². The minimum absolute atomic E-state index is 0.00373. The van der Waals surface area contributed by atoms with Gasteiger partial charge in [-0.15, -0.1) is 11.3 Å². The highest BCUT2D eigenvalue weighted by molar-refractivity contribution is 7.12. The number of amides is 1. The Bertz CT molecular complexity index is 591. The molecule has 158 valence electrons. The van der Waals surface area contributed by atoms with Crippen molar-refractivity contribution < 1.29 is 9.53 Å². The van der Waals surface area contributed by atoms with Crippen molar-refractivity contribution in [1.29, 1.82) is 0 Å². The lowest BCUT2D eigenvalue weighted by atomic mass is 10.2. The van der Waals surface area contributed by atoms with Gasteiger partial charge >= 0.3 is 0 Å². The number of aliphatic imine (C=N–C) groups is 1. The zero-order valence-corrected chi connectivity index (χ0v) is 18.2. The summed E-state index contributed by atoms with van der Waals surface area (Å²) in [6.07, 6.45) is 0.983. The molecular formula is C20H35N5O2S. The predicted molar refractivity (Wildman–Crippen MR) is 116 cm³/mol. The molecule has 0 saturated carbocycles. The molecule has 28 heavy (non-hydrogen) atoms. The summed E-state index contributed by atoms with van der Waals surface area (Å²) in [5.41, 5.74) is 0. The molecule has 1 unspecified atom stereocenters. The maximum atomic E-state index is 11.9. The first kappa shape index (κ1) is 22.6. The van der Waals surface area contributed by atoms with Gasteiger partial charge in [-0.1, -0.05) is 19.9 Å². The van der Waals surface area contributed by atoms with Gasteiger partial charge in [-0.2, -0.15) is 0 Å². The number of carbonyl (C=O) groups excluding carboxylic acids is 1. The number of hydrogen-bond acceptors (Lipinski definition) is 5. The lowest BCUT2D eigenvalue weighted by Crippen LogP contribution is -2.46. The number of rotatable bonds is 10. The first-order valence-electron chi connectivity index (χ1n) is 10.3. The summed E-state index contributed by atoms with van der Waals surface area (Å²) in [7, 11) is 0. The average molecular weight is 410 g/mol. The fourth-order valence-corrected chi connectivity index (χ4v) is 3.74. The van der Waals surface area contributed by atoms with E-state index < -0.39 is 0 Å². The van der Waals surface area contributed by atoms with E-state index in [2.05, 4.69) is 46.6 Å². The predicted octanol–water partition coefficient (Wildman–Crippen LogP) is 1.78. The van der Waals surface area contributed by atoms with Crippen LogP contribution in [-0.4, -0.2) is 75.3 Å².